The zero-order valence-electron chi connectivity index (χ0n) is 5.14. The Kier molecular flexibility index (Phi) is 2.02. The highest BCUT2D eigenvalue weighted by molar-refractivity contribution is 6.30. The highest BCUT2D eigenvalue weighted by atomic mass is 35.5. The van der Waals surface area contributed by atoms with E-state index in [4.69, 9.17) is 11.6 Å². The zero-order valence-corrected chi connectivity index (χ0v) is 5.90. The van der Waals surface area contributed by atoms with Gasteiger partial charge in [0.1, 0.15) is 5.82 Å². The van der Waals surface area contributed by atoms with Crippen LogP contribution in [0.1, 0.15) is 5.69 Å². The highest BCUT2D eigenvalue weighted by Gasteiger charge is 1.98. The molecule has 0 fully saturated rings. The van der Waals surface area contributed by atoms with Crippen LogP contribution in [0.15, 0.2) is 18.8 Å². The molecule has 0 saturated carbocycles. The smallest absolute Gasteiger partial charge is 0.145 e. The molecule has 1 rings (SSSR count). The highest BCUT2D eigenvalue weighted by Crippen LogP contribution is 2.12. The fourth-order valence-electron chi connectivity index (χ4n) is 0.541. The molecule has 1 heterocycles. The average Bonchev–Trinajstić information content (AvgIpc) is 1.95. The zero-order chi connectivity index (χ0) is 7.56. The molecule has 0 aliphatic carbocycles. The summed E-state index contributed by atoms with van der Waals surface area (Å²) in [5.74, 6) is -0.466. The van der Waals surface area contributed by atoms with E-state index in [0.717, 1.165) is 0 Å². The molecule has 1 aromatic rings. The minimum atomic E-state index is -0.466. The van der Waals surface area contributed by atoms with Crippen LogP contribution >= 0.6 is 11.6 Å². The van der Waals surface area contributed by atoms with Gasteiger partial charge in [-0.1, -0.05) is 18.2 Å². The van der Waals surface area contributed by atoms with Crippen molar-refractivity contribution in [3.8, 4) is 0 Å². The van der Waals surface area contributed by atoms with Crippen molar-refractivity contribution < 1.29 is 4.39 Å². The van der Waals surface area contributed by atoms with E-state index in [1.165, 1.54) is 18.3 Å². The molecular formula is C7H5ClFN. The van der Waals surface area contributed by atoms with Crippen molar-refractivity contribution in [1.82, 2.24) is 4.98 Å². The van der Waals surface area contributed by atoms with Crippen LogP contribution < -0.4 is 0 Å². The van der Waals surface area contributed by atoms with Gasteiger partial charge in [0.2, 0.25) is 0 Å². The van der Waals surface area contributed by atoms with Gasteiger partial charge in [-0.3, -0.25) is 4.98 Å². The molecule has 0 radical (unpaired) electrons. The molecule has 1 aromatic heterocycles. The molecule has 3 heteroatoms. The predicted octanol–water partition coefficient (Wildman–Crippen LogP) is 2.52. The second-order valence-electron chi connectivity index (χ2n) is 1.73. The van der Waals surface area contributed by atoms with Crippen LogP contribution in [-0.2, 0) is 0 Å². The van der Waals surface area contributed by atoms with Crippen molar-refractivity contribution in [3.63, 3.8) is 0 Å². The van der Waals surface area contributed by atoms with Crippen LogP contribution in [0.2, 0.25) is 5.02 Å². The largest absolute Gasteiger partial charge is 0.255 e. The van der Waals surface area contributed by atoms with Gasteiger partial charge < -0.3 is 0 Å². The first-order chi connectivity index (χ1) is 4.74. The van der Waals surface area contributed by atoms with Crippen LogP contribution in [0, 0.1) is 5.82 Å². The maximum absolute atomic E-state index is 12.5. The molecule has 0 aliphatic heterocycles. The summed E-state index contributed by atoms with van der Waals surface area (Å²) in [6.07, 6.45) is 2.72. The number of hydrogen-bond acceptors (Lipinski definition) is 1. The number of hydrogen-bond donors (Lipinski definition) is 0. The monoisotopic (exact) mass is 157 g/mol. The van der Waals surface area contributed by atoms with Crippen LogP contribution in [0.25, 0.3) is 6.08 Å². The first kappa shape index (κ1) is 7.22. The molecule has 0 saturated heterocycles. The second-order valence-corrected chi connectivity index (χ2v) is 2.13. The van der Waals surface area contributed by atoms with Crippen molar-refractivity contribution in [1.29, 1.82) is 0 Å². The third kappa shape index (κ3) is 1.33. The molecule has 0 amide bonds. The summed E-state index contributed by atoms with van der Waals surface area (Å²) in [5.41, 5.74) is 0.488. The van der Waals surface area contributed by atoms with Gasteiger partial charge in [-0.25, -0.2) is 4.39 Å². The van der Waals surface area contributed by atoms with E-state index in [0.29, 0.717) is 5.69 Å². The minimum Gasteiger partial charge on any atom is -0.255 e. The molecule has 0 N–H and O–H groups in total. The van der Waals surface area contributed by atoms with Gasteiger partial charge in [-0.15, -0.1) is 0 Å². The lowest BCUT2D eigenvalue weighted by Gasteiger charge is -1.93. The maximum atomic E-state index is 12.5. The normalized spacial score (nSPS) is 9.40. The van der Waals surface area contributed by atoms with E-state index >= 15 is 0 Å². The van der Waals surface area contributed by atoms with Crippen molar-refractivity contribution in [2.24, 2.45) is 0 Å². The van der Waals surface area contributed by atoms with Crippen LogP contribution in [0.5, 0.6) is 0 Å². The third-order valence-corrected chi connectivity index (χ3v) is 1.32. The van der Waals surface area contributed by atoms with E-state index in [1.54, 1.807) is 0 Å². The van der Waals surface area contributed by atoms with Crippen molar-refractivity contribution >= 4 is 17.7 Å². The quantitative estimate of drug-likeness (QED) is 0.611. The number of rotatable bonds is 1. The Morgan fingerprint density at radius 2 is 2.40 bits per heavy atom. The van der Waals surface area contributed by atoms with E-state index in [-0.39, 0.29) is 5.02 Å². The molecule has 0 aliphatic rings. The van der Waals surface area contributed by atoms with Crippen LogP contribution in [0.3, 0.4) is 0 Å². The molecule has 0 unspecified atom stereocenters. The first-order valence-corrected chi connectivity index (χ1v) is 3.05. The molecule has 0 aromatic carbocycles. The molecule has 0 bridgehead atoms. The molecule has 1 nitrogen and oxygen atoms in total. The minimum absolute atomic E-state index is 0.0330. The second kappa shape index (κ2) is 2.80. The molecule has 52 valence electrons. The number of pyridine rings is 1. The summed E-state index contributed by atoms with van der Waals surface area (Å²) in [5, 5.41) is 0.0330. The third-order valence-electron chi connectivity index (χ3n) is 1.04. The Morgan fingerprint density at radius 1 is 1.70 bits per heavy atom. The Morgan fingerprint density at radius 3 is 2.90 bits per heavy atom. The summed E-state index contributed by atoms with van der Waals surface area (Å²) in [6, 6.07) is 1.23. The average molecular weight is 158 g/mol. The lowest BCUT2D eigenvalue weighted by Crippen LogP contribution is -1.83. The van der Waals surface area contributed by atoms with Crippen molar-refractivity contribution in [2.45, 2.75) is 0 Å². The fourth-order valence-corrected chi connectivity index (χ4v) is 0.644. The number of aromatic nitrogens is 1. The van der Waals surface area contributed by atoms with Gasteiger partial charge in [0.15, 0.2) is 0 Å². The molecule has 10 heavy (non-hydrogen) atoms. The number of nitrogens with zero attached hydrogens (tertiary/aromatic N) is 1. The van der Waals surface area contributed by atoms with Crippen LogP contribution in [0.4, 0.5) is 4.39 Å². The Hall–Kier alpha value is -0.890. The summed E-state index contributed by atoms with van der Waals surface area (Å²) >= 11 is 5.37. The van der Waals surface area contributed by atoms with Gasteiger partial charge in [-0.2, -0.15) is 0 Å². The standard InChI is InChI=1S/C7H5ClFN/c1-2-5-3-7(9)6(8)4-10-5/h2-4H,1H2. The van der Waals surface area contributed by atoms with Gasteiger partial charge in [0, 0.05) is 12.3 Å². The Bertz CT molecular complexity index is 260. The van der Waals surface area contributed by atoms with E-state index in [2.05, 4.69) is 11.6 Å². The topological polar surface area (TPSA) is 12.9 Å². The SMILES string of the molecule is C=Cc1cc(F)c(Cl)cn1. The Balaban J connectivity index is 3.16. The van der Waals surface area contributed by atoms with Crippen molar-refractivity contribution in [3.05, 3.63) is 35.4 Å². The van der Waals surface area contributed by atoms with E-state index < -0.39 is 5.82 Å². The summed E-state index contributed by atoms with van der Waals surface area (Å²) < 4.78 is 12.5. The van der Waals surface area contributed by atoms with Gasteiger partial charge >= 0.3 is 0 Å². The van der Waals surface area contributed by atoms with Gasteiger partial charge in [0.25, 0.3) is 0 Å². The van der Waals surface area contributed by atoms with Gasteiger partial charge in [-0.05, 0) is 6.08 Å². The lowest BCUT2D eigenvalue weighted by atomic mass is 10.3. The summed E-state index contributed by atoms with van der Waals surface area (Å²) in [6.45, 7) is 3.43. The summed E-state index contributed by atoms with van der Waals surface area (Å²) in [7, 11) is 0. The van der Waals surface area contributed by atoms with Gasteiger partial charge in [0.05, 0.1) is 10.7 Å². The summed E-state index contributed by atoms with van der Waals surface area (Å²) in [4.78, 5) is 3.77. The first-order valence-electron chi connectivity index (χ1n) is 2.67. The maximum Gasteiger partial charge on any atom is 0.145 e. The Labute approximate surface area is 63.2 Å². The lowest BCUT2D eigenvalue weighted by molar-refractivity contribution is 0.625. The molecule has 0 atom stereocenters. The van der Waals surface area contributed by atoms with Crippen LogP contribution in [-0.4, -0.2) is 4.98 Å². The molecular weight excluding hydrogens is 153 g/mol. The van der Waals surface area contributed by atoms with E-state index in [9.17, 15) is 4.39 Å². The molecule has 0 spiro atoms. The fraction of sp³-hybridized carbons (Fsp3) is 0. The number of halogens is 2. The van der Waals surface area contributed by atoms with E-state index in [1.807, 2.05) is 0 Å². The predicted molar refractivity (Wildman–Crippen MR) is 39.3 cm³/mol. The van der Waals surface area contributed by atoms with Crippen molar-refractivity contribution in [2.75, 3.05) is 0 Å².